The summed E-state index contributed by atoms with van der Waals surface area (Å²) in [6.07, 6.45) is 1.93. The van der Waals surface area contributed by atoms with Crippen LogP contribution in [0.4, 0.5) is 0 Å². The van der Waals surface area contributed by atoms with Gasteiger partial charge in [-0.05, 0) is 30.9 Å². The number of rotatable bonds is 7. The van der Waals surface area contributed by atoms with E-state index in [2.05, 4.69) is 62.0 Å². The molecule has 0 radical (unpaired) electrons. The van der Waals surface area contributed by atoms with Crippen LogP contribution in [0.2, 0.25) is 0 Å². The van der Waals surface area contributed by atoms with Crippen molar-refractivity contribution >= 4 is 0 Å². The molecule has 0 aliphatic rings. The zero-order valence-corrected chi connectivity index (χ0v) is 12.1. The summed E-state index contributed by atoms with van der Waals surface area (Å²) in [6, 6.07) is 20.8. The normalized spacial score (nSPS) is 12.1. The van der Waals surface area contributed by atoms with Gasteiger partial charge in [-0.1, -0.05) is 66.2 Å². The first-order valence-electron chi connectivity index (χ1n) is 7.10. The maximum atomic E-state index is 6.08. The molecule has 2 rings (SSSR count). The summed E-state index contributed by atoms with van der Waals surface area (Å²) in [7, 11) is 0. The summed E-state index contributed by atoms with van der Waals surface area (Å²) in [4.78, 5) is 0. The first-order valence-corrected chi connectivity index (χ1v) is 7.10. The molecule has 0 saturated carbocycles. The van der Waals surface area contributed by atoms with E-state index in [0.717, 1.165) is 25.0 Å². The molecule has 0 fully saturated rings. The smallest absolute Gasteiger partial charge is 0.0861 e. The molecule has 0 heterocycles. The number of benzene rings is 2. The molecular formula is C19H22O. The van der Waals surface area contributed by atoms with E-state index in [1.54, 1.807) is 0 Å². The Hall–Kier alpha value is -1.86. The highest BCUT2D eigenvalue weighted by Gasteiger charge is 2.11. The second kappa shape index (κ2) is 7.66. The maximum absolute atomic E-state index is 6.08. The molecule has 0 bridgehead atoms. The third kappa shape index (κ3) is 4.67. The Balaban J connectivity index is 1.93. The van der Waals surface area contributed by atoms with E-state index in [1.165, 1.54) is 11.1 Å². The topological polar surface area (TPSA) is 9.23 Å². The maximum Gasteiger partial charge on any atom is 0.0861 e. The van der Waals surface area contributed by atoms with Crippen molar-refractivity contribution in [3.8, 4) is 0 Å². The molecule has 1 atom stereocenters. The molecule has 0 amide bonds. The second-order valence-electron chi connectivity index (χ2n) is 5.17. The van der Waals surface area contributed by atoms with Crippen LogP contribution in [-0.2, 0) is 11.2 Å². The monoisotopic (exact) mass is 266 g/mol. The minimum absolute atomic E-state index is 0.109. The van der Waals surface area contributed by atoms with Gasteiger partial charge in [0.05, 0.1) is 12.7 Å². The Kier molecular flexibility index (Phi) is 5.57. The summed E-state index contributed by atoms with van der Waals surface area (Å²) in [6.45, 7) is 6.79. The van der Waals surface area contributed by atoms with Crippen LogP contribution in [-0.4, -0.2) is 6.61 Å². The Morgan fingerprint density at radius 3 is 2.20 bits per heavy atom. The van der Waals surface area contributed by atoms with Crippen LogP contribution in [0.1, 0.15) is 30.6 Å². The van der Waals surface area contributed by atoms with E-state index in [0.29, 0.717) is 0 Å². The largest absolute Gasteiger partial charge is 0.373 e. The molecule has 20 heavy (non-hydrogen) atoms. The average molecular weight is 266 g/mol. The predicted octanol–water partition coefficient (Wildman–Crippen LogP) is 4.95. The summed E-state index contributed by atoms with van der Waals surface area (Å²) in [5.41, 5.74) is 3.69. The van der Waals surface area contributed by atoms with E-state index < -0.39 is 0 Å². The third-order valence-electron chi connectivity index (χ3n) is 3.26. The minimum atomic E-state index is 0.109. The molecule has 1 unspecified atom stereocenters. The van der Waals surface area contributed by atoms with Crippen LogP contribution in [0.25, 0.3) is 0 Å². The van der Waals surface area contributed by atoms with Crippen molar-refractivity contribution in [1.82, 2.24) is 0 Å². The van der Waals surface area contributed by atoms with Crippen molar-refractivity contribution in [3.63, 3.8) is 0 Å². The lowest BCUT2D eigenvalue weighted by molar-refractivity contribution is 0.0551. The minimum Gasteiger partial charge on any atom is -0.373 e. The zero-order valence-electron chi connectivity index (χ0n) is 12.1. The van der Waals surface area contributed by atoms with Gasteiger partial charge in [0.15, 0.2) is 0 Å². The Morgan fingerprint density at radius 2 is 1.60 bits per heavy atom. The van der Waals surface area contributed by atoms with Gasteiger partial charge in [-0.2, -0.15) is 0 Å². The highest BCUT2D eigenvalue weighted by atomic mass is 16.5. The van der Waals surface area contributed by atoms with Crippen molar-refractivity contribution in [1.29, 1.82) is 0 Å². The highest BCUT2D eigenvalue weighted by molar-refractivity contribution is 5.19. The zero-order chi connectivity index (χ0) is 14.2. The van der Waals surface area contributed by atoms with Gasteiger partial charge in [0.2, 0.25) is 0 Å². The summed E-state index contributed by atoms with van der Waals surface area (Å²) in [5, 5.41) is 0. The van der Waals surface area contributed by atoms with Crippen molar-refractivity contribution in [2.24, 2.45) is 0 Å². The molecule has 0 aliphatic carbocycles. The lowest BCUT2D eigenvalue weighted by atomic mass is 10.0. The number of hydrogen-bond donors (Lipinski definition) is 0. The van der Waals surface area contributed by atoms with Crippen LogP contribution in [0, 0.1) is 0 Å². The molecule has 0 aromatic heterocycles. The molecular weight excluding hydrogens is 244 g/mol. The first kappa shape index (κ1) is 14.5. The summed E-state index contributed by atoms with van der Waals surface area (Å²) < 4.78 is 6.08. The lowest BCUT2D eigenvalue weighted by Crippen LogP contribution is -2.08. The van der Waals surface area contributed by atoms with Crippen LogP contribution in [0.5, 0.6) is 0 Å². The molecule has 0 N–H and O–H groups in total. The van der Waals surface area contributed by atoms with Crippen LogP contribution in [0.3, 0.4) is 0 Å². The first-order chi connectivity index (χ1) is 9.75. The molecule has 104 valence electrons. The van der Waals surface area contributed by atoms with Gasteiger partial charge in [0.25, 0.3) is 0 Å². The fourth-order valence-corrected chi connectivity index (χ4v) is 2.22. The van der Waals surface area contributed by atoms with Crippen LogP contribution in [0.15, 0.2) is 72.8 Å². The van der Waals surface area contributed by atoms with Crippen molar-refractivity contribution in [2.45, 2.75) is 25.9 Å². The Labute approximate surface area is 121 Å². The van der Waals surface area contributed by atoms with Crippen LogP contribution < -0.4 is 0 Å². The molecule has 2 aromatic rings. The van der Waals surface area contributed by atoms with Gasteiger partial charge in [-0.15, -0.1) is 6.58 Å². The molecule has 0 aliphatic heterocycles. The van der Waals surface area contributed by atoms with Gasteiger partial charge >= 0.3 is 0 Å². The van der Waals surface area contributed by atoms with Crippen molar-refractivity contribution in [2.75, 3.05) is 6.61 Å². The molecule has 0 saturated heterocycles. The Bertz CT molecular complexity index is 516. The molecule has 1 heteroatoms. The van der Waals surface area contributed by atoms with Crippen LogP contribution >= 0.6 is 0 Å². The fourth-order valence-electron chi connectivity index (χ4n) is 2.22. The quantitative estimate of drug-likeness (QED) is 0.644. The number of ether oxygens (including phenoxy) is 1. The number of hydrogen-bond acceptors (Lipinski definition) is 1. The molecule has 1 nitrogen and oxygen atoms in total. The SMILES string of the molecule is C=C(C)CC(OCCc1ccccc1)c1ccccc1. The third-order valence-corrected chi connectivity index (χ3v) is 3.26. The van der Waals surface area contributed by atoms with Crippen molar-refractivity contribution < 1.29 is 4.74 Å². The van der Waals surface area contributed by atoms with Gasteiger partial charge in [0, 0.05) is 0 Å². The van der Waals surface area contributed by atoms with Gasteiger partial charge in [0.1, 0.15) is 0 Å². The summed E-state index contributed by atoms with van der Waals surface area (Å²) in [5.74, 6) is 0. The summed E-state index contributed by atoms with van der Waals surface area (Å²) >= 11 is 0. The van der Waals surface area contributed by atoms with E-state index in [4.69, 9.17) is 4.74 Å². The second-order valence-corrected chi connectivity index (χ2v) is 5.17. The van der Waals surface area contributed by atoms with Gasteiger partial charge in [-0.25, -0.2) is 0 Å². The average Bonchev–Trinajstić information content (AvgIpc) is 2.48. The molecule has 0 spiro atoms. The fraction of sp³-hybridized carbons (Fsp3) is 0.263. The van der Waals surface area contributed by atoms with E-state index in [1.807, 2.05) is 12.1 Å². The Morgan fingerprint density at radius 1 is 1.00 bits per heavy atom. The van der Waals surface area contributed by atoms with Gasteiger partial charge in [-0.3, -0.25) is 0 Å². The van der Waals surface area contributed by atoms with E-state index >= 15 is 0 Å². The van der Waals surface area contributed by atoms with Gasteiger partial charge < -0.3 is 4.74 Å². The predicted molar refractivity (Wildman–Crippen MR) is 84.7 cm³/mol. The van der Waals surface area contributed by atoms with E-state index in [-0.39, 0.29) is 6.10 Å². The highest BCUT2D eigenvalue weighted by Crippen LogP contribution is 2.24. The van der Waals surface area contributed by atoms with E-state index in [9.17, 15) is 0 Å². The molecule has 2 aromatic carbocycles. The lowest BCUT2D eigenvalue weighted by Gasteiger charge is -2.18. The standard InChI is InChI=1S/C19H22O/c1-16(2)15-19(18-11-7-4-8-12-18)20-14-13-17-9-5-3-6-10-17/h3-12,19H,1,13-15H2,2H3. The van der Waals surface area contributed by atoms with Crippen molar-refractivity contribution in [3.05, 3.63) is 83.9 Å².